The van der Waals surface area contributed by atoms with Crippen LogP contribution < -0.4 is 5.73 Å². The van der Waals surface area contributed by atoms with Gasteiger partial charge in [-0.25, -0.2) is 0 Å². The predicted molar refractivity (Wildman–Crippen MR) is 55.9 cm³/mol. The van der Waals surface area contributed by atoms with E-state index in [4.69, 9.17) is 10.2 Å². The Bertz CT molecular complexity index is 263. The van der Waals surface area contributed by atoms with Crippen LogP contribution in [0.25, 0.3) is 0 Å². The fourth-order valence-corrected chi connectivity index (χ4v) is 2.02. The fourth-order valence-electron chi connectivity index (χ4n) is 2.02. The molecular formula is C11H18N2O. The van der Waals surface area contributed by atoms with Crippen LogP contribution >= 0.6 is 0 Å². The summed E-state index contributed by atoms with van der Waals surface area (Å²) in [6.45, 7) is 4.36. The van der Waals surface area contributed by atoms with Gasteiger partial charge in [0.2, 0.25) is 0 Å². The molecule has 1 aliphatic rings. The molecule has 0 radical (unpaired) electrons. The lowest BCUT2D eigenvalue weighted by Crippen LogP contribution is -2.40. The van der Waals surface area contributed by atoms with Crippen molar-refractivity contribution in [2.24, 2.45) is 5.73 Å². The molecule has 2 heterocycles. The summed E-state index contributed by atoms with van der Waals surface area (Å²) in [5, 5.41) is 0. The Kier molecular flexibility index (Phi) is 2.89. The first-order valence-electron chi connectivity index (χ1n) is 5.30. The van der Waals surface area contributed by atoms with E-state index in [1.165, 1.54) is 0 Å². The third-order valence-corrected chi connectivity index (χ3v) is 3.08. The van der Waals surface area contributed by atoms with Gasteiger partial charge in [-0.15, -0.1) is 0 Å². The average Bonchev–Trinajstić information content (AvgIpc) is 2.71. The van der Waals surface area contributed by atoms with Gasteiger partial charge >= 0.3 is 0 Å². The molecule has 1 aliphatic heterocycles. The second-order valence-electron chi connectivity index (χ2n) is 4.06. The van der Waals surface area contributed by atoms with Crippen molar-refractivity contribution in [2.45, 2.75) is 31.8 Å². The summed E-state index contributed by atoms with van der Waals surface area (Å²) in [6.07, 6.45) is 3.94. The second kappa shape index (κ2) is 4.15. The van der Waals surface area contributed by atoms with Gasteiger partial charge in [0.05, 0.1) is 12.3 Å². The van der Waals surface area contributed by atoms with Crippen molar-refractivity contribution >= 4 is 0 Å². The van der Waals surface area contributed by atoms with Gasteiger partial charge in [-0.2, -0.15) is 0 Å². The van der Waals surface area contributed by atoms with Crippen LogP contribution in [0.3, 0.4) is 0 Å². The largest absolute Gasteiger partial charge is 0.468 e. The molecule has 0 bridgehead atoms. The maximum Gasteiger partial charge on any atom is 0.120 e. The lowest BCUT2D eigenvalue weighted by Gasteiger charge is -2.33. The number of furan rings is 1. The smallest absolute Gasteiger partial charge is 0.120 e. The van der Waals surface area contributed by atoms with E-state index in [1.54, 1.807) is 6.26 Å². The molecule has 2 N–H and O–H groups in total. The first-order chi connectivity index (χ1) is 6.77. The zero-order chi connectivity index (χ0) is 9.97. The van der Waals surface area contributed by atoms with E-state index >= 15 is 0 Å². The van der Waals surface area contributed by atoms with Gasteiger partial charge in [0.1, 0.15) is 5.76 Å². The molecule has 1 unspecified atom stereocenters. The lowest BCUT2D eigenvalue weighted by molar-refractivity contribution is 0.147. The molecule has 1 atom stereocenters. The average molecular weight is 194 g/mol. The van der Waals surface area contributed by atoms with Crippen LogP contribution in [0.2, 0.25) is 0 Å². The number of nitrogens with two attached hydrogens (primary N) is 1. The highest BCUT2D eigenvalue weighted by atomic mass is 16.3. The van der Waals surface area contributed by atoms with Gasteiger partial charge in [-0.3, -0.25) is 4.90 Å². The summed E-state index contributed by atoms with van der Waals surface area (Å²) in [5.41, 5.74) is 5.87. The Morgan fingerprint density at radius 2 is 2.21 bits per heavy atom. The fraction of sp³-hybridized carbons (Fsp3) is 0.636. The molecule has 0 spiro atoms. The Balaban J connectivity index is 1.95. The number of nitrogens with zero attached hydrogens (tertiary/aromatic N) is 1. The van der Waals surface area contributed by atoms with Gasteiger partial charge in [0.25, 0.3) is 0 Å². The van der Waals surface area contributed by atoms with E-state index in [0.717, 1.165) is 31.7 Å². The number of rotatable bonds is 2. The van der Waals surface area contributed by atoms with Crippen LogP contribution in [0.5, 0.6) is 0 Å². The third-order valence-electron chi connectivity index (χ3n) is 3.08. The quantitative estimate of drug-likeness (QED) is 0.780. The molecule has 1 aromatic heterocycles. The standard InChI is InChI=1S/C11H18N2O/c1-9(11-3-2-8-14-11)13-6-4-10(12)5-7-13/h2-3,8-10H,4-7,12H2,1H3. The maximum atomic E-state index is 5.87. The highest BCUT2D eigenvalue weighted by molar-refractivity contribution is 5.03. The number of hydrogen-bond acceptors (Lipinski definition) is 3. The molecule has 3 heteroatoms. The van der Waals surface area contributed by atoms with Crippen molar-refractivity contribution in [1.82, 2.24) is 4.90 Å². The van der Waals surface area contributed by atoms with E-state index in [-0.39, 0.29) is 0 Å². The maximum absolute atomic E-state index is 5.87. The Hall–Kier alpha value is -0.800. The van der Waals surface area contributed by atoms with Crippen LogP contribution in [0.15, 0.2) is 22.8 Å². The van der Waals surface area contributed by atoms with Gasteiger partial charge in [0, 0.05) is 19.1 Å². The minimum atomic E-state index is 0.387. The van der Waals surface area contributed by atoms with Gasteiger partial charge in [-0.05, 0) is 31.9 Å². The molecule has 1 fully saturated rings. The topological polar surface area (TPSA) is 42.4 Å². The Labute approximate surface area is 84.9 Å². The molecular weight excluding hydrogens is 176 g/mol. The van der Waals surface area contributed by atoms with E-state index in [1.807, 2.05) is 12.1 Å². The summed E-state index contributed by atoms with van der Waals surface area (Å²) in [6, 6.07) is 4.77. The highest BCUT2D eigenvalue weighted by Gasteiger charge is 2.22. The SMILES string of the molecule is CC(c1ccco1)N1CCC(N)CC1. The molecule has 1 saturated heterocycles. The molecule has 0 aromatic carbocycles. The van der Waals surface area contributed by atoms with Gasteiger partial charge < -0.3 is 10.2 Å². The Morgan fingerprint density at radius 1 is 1.50 bits per heavy atom. The minimum Gasteiger partial charge on any atom is -0.468 e. The second-order valence-corrected chi connectivity index (χ2v) is 4.06. The van der Waals surface area contributed by atoms with Crippen molar-refractivity contribution in [2.75, 3.05) is 13.1 Å². The van der Waals surface area contributed by atoms with Crippen molar-refractivity contribution in [1.29, 1.82) is 0 Å². The third kappa shape index (κ3) is 1.99. The molecule has 1 aromatic rings. The van der Waals surface area contributed by atoms with Crippen LogP contribution in [0.4, 0.5) is 0 Å². The molecule has 0 amide bonds. The number of hydrogen-bond donors (Lipinski definition) is 1. The summed E-state index contributed by atoms with van der Waals surface area (Å²) >= 11 is 0. The van der Waals surface area contributed by atoms with Crippen LogP contribution in [-0.2, 0) is 0 Å². The first kappa shape index (κ1) is 9.74. The first-order valence-corrected chi connectivity index (χ1v) is 5.30. The molecule has 2 rings (SSSR count). The summed E-state index contributed by atoms with van der Waals surface area (Å²) in [7, 11) is 0. The van der Waals surface area contributed by atoms with E-state index in [9.17, 15) is 0 Å². The van der Waals surface area contributed by atoms with Gasteiger partial charge in [0.15, 0.2) is 0 Å². The molecule has 3 nitrogen and oxygen atoms in total. The molecule has 0 aliphatic carbocycles. The molecule has 78 valence electrons. The summed E-state index contributed by atoms with van der Waals surface area (Å²) < 4.78 is 5.40. The predicted octanol–water partition coefficient (Wildman–Crippen LogP) is 1.76. The summed E-state index contributed by atoms with van der Waals surface area (Å²) in [5.74, 6) is 1.06. The van der Waals surface area contributed by atoms with Crippen LogP contribution in [0, 0.1) is 0 Å². The van der Waals surface area contributed by atoms with Crippen LogP contribution in [0.1, 0.15) is 31.6 Å². The highest BCUT2D eigenvalue weighted by Crippen LogP contribution is 2.23. The van der Waals surface area contributed by atoms with Crippen LogP contribution in [-0.4, -0.2) is 24.0 Å². The van der Waals surface area contributed by atoms with Crippen molar-refractivity contribution < 1.29 is 4.42 Å². The zero-order valence-corrected chi connectivity index (χ0v) is 8.65. The summed E-state index contributed by atoms with van der Waals surface area (Å²) in [4.78, 5) is 2.43. The normalized spacial score (nSPS) is 22.4. The zero-order valence-electron chi connectivity index (χ0n) is 8.65. The monoisotopic (exact) mass is 194 g/mol. The van der Waals surface area contributed by atoms with E-state index in [2.05, 4.69) is 11.8 Å². The molecule has 0 saturated carbocycles. The minimum absolute atomic E-state index is 0.387. The molecule has 14 heavy (non-hydrogen) atoms. The van der Waals surface area contributed by atoms with E-state index in [0.29, 0.717) is 12.1 Å². The Morgan fingerprint density at radius 3 is 2.79 bits per heavy atom. The number of likely N-dealkylation sites (tertiary alicyclic amines) is 1. The van der Waals surface area contributed by atoms with Gasteiger partial charge in [-0.1, -0.05) is 0 Å². The van der Waals surface area contributed by atoms with E-state index < -0.39 is 0 Å². The van der Waals surface area contributed by atoms with Crippen molar-refractivity contribution in [3.63, 3.8) is 0 Å². The van der Waals surface area contributed by atoms with Crippen molar-refractivity contribution in [3.05, 3.63) is 24.2 Å². The number of piperidine rings is 1. The lowest BCUT2D eigenvalue weighted by atomic mass is 10.0. The van der Waals surface area contributed by atoms with Crippen molar-refractivity contribution in [3.8, 4) is 0 Å².